The Hall–Kier alpha value is -2.09. The van der Waals surface area contributed by atoms with Crippen molar-refractivity contribution in [1.82, 2.24) is 19.9 Å². The summed E-state index contributed by atoms with van der Waals surface area (Å²) in [6.07, 6.45) is 1.13. The molecule has 0 atom stereocenters. The van der Waals surface area contributed by atoms with Crippen LogP contribution in [0.5, 0.6) is 0 Å². The molecule has 2 fully saturated rings. The van der Waals surface area contributed by atoms with E-state index in [0.29, 0.717) is 25.9 Å². The monoisotopic (exact) mass is 392 g/mol. The van der Waals surface area contributed by atoms with Gasteiger partial charge in [-0.2, -0.15) is 0 Å². The molecule has 8 heteroatoms. The summed E-state index contributed by atoms with van der Waals surface area (Å²) in [5.41, 5.74) is 0.398. The summed E-state index contributed by atoms with van der Waals surface area (Å²) in [5.74, 6) is 1.09. The van der Waals surface area contributed by atoms with Crippen molar-refractivity contribution in [3.8, 4) is 0 Å². The summed E-state index contributed by atoms with van der Waals surface area (Å²) in [6, 6.07) is 1.95. The van der Waals surface area contributed by atoms with Crippen LogP contribution in [0.2, 0.25) is 0 Å². The molecule has 0 spiro atoms. The van der Waals surface area contributed by atoms with Crippen LogP contribution in [0.4, 0.5) is 4.79 Å². The van der Waals surface area contributed by atoms with Gasteiger partial charge in [0.2, 0.25) is 5.91 Å². The van der Waals surface area contributed by atoms with Crippen LogP contribution in [-0.4, -0.2) is 76.7 Å². The summed E-state index contributed by atoms with van der Waals surface area (Å²) >= 11 is 0. The minimum absolute atomic E-state index is 0.00200. The molecule has 2 aliphatic rings. The minimum Gasteiger partial charge on any atom is -0.444 e. The number of hydrogen-bond donors (Lipinski definition) is 0. The van der Waals surface area contributed by atoms with Crippen LogP contribution in [0.3, 0.4) is 0 Å². The third-order valence-electron chi connectivity index (χ3n) is 5.24. The molecule has 2 aliphatic heterocycles. The Kier molecular flexibility index (Phi) is 6.27. The van der Waals surface area contributed by atoms with Gasteiger partial charge in [-0.3, -0.25) is 9.69 Å². The van der Waals surface area contributed by atoms with Gasteiger partial charge in [0.1, 0.15) is 5.60 Å². The number of piperazine rings is 1. The number of amides is 2. The van der Waals surface area contributed by atoms with Gasteiger partial charge in [0.05, 0.1) is 12.2 Å². The number of nitrogens with zero attached hydrogens (tertiary/aromatic N) is 4. The summed E-state index contributed by atoms with van der Waals surface area (Å²) in [7, 11) is 0. The van der Waals surface area contributed by atoms with Crippen LogP contribution in [0.15, 0.2) is 10.6 Å². The molecule has 1 aromatic heterocycles. The van der Waals surface area contributed by atoms with Crippen LogP contribution in [0, 0.1) is 12.8 Å². The number of likely N-dealkylation sites (tertiary alicyclic amines) is 1. The van der Waals surface area contributed by atoms with E-state index in [0.717, 1.165) is 44.2 Å². The van der Waals surface area contributed by atoms with Crippen LogP contribution in [-0.2, 0) is 16.1 Å². The highest BCUT2D eigenvalue weighted by atomic mass is 16.6. The first kappa shape index (κ1) is 20.6. The number of aromatic nitrogens is 1. The first-order valence-corrected chi connectivity index (χ1v) is 10.1. The Morgan fingerprint density at radius 3 is 2.29 bits per heavy atom. The van der Waals surface area contributed by atoms with Crippen LogP contribution in [0.25, 0.3) is 0 Å². The van der Waals surface area contributed by atoms with E-state index in [4.69, 9.17) is 9.26 Å². The standard InChI is InChI=1S/C20H32N4O4/c1-15-13-17(28-21-15)14-22-9-11-23(12-10-22)18(25)16-5-7-24(8-6-16)19(26)27-20(2,3)4/h13,16H,5-12,14H2,1-4H3. The molecule has 0 bridgehead atoms. The maximum Gasteiger partial charge on any atom is 0.410 e. The van der Waals surface area contributed by atoms with Crippen molar-refractivity contribution < 1.29 is 18.8 Å². The first-order valence-electron chi connectivity index (χ1n) is 10.1. The Morgan fingerprint density at radius 1 is 1.11 bits per heavy atom. The topological polar surface area (TPSA) is 79.1 Å². The highest BCUT2D eigenvalue weighted by Gasteiger charge is 2.33. The smallest absolute Gasteiger partial charge is 0.410 e. The lowest BCUT2D eigenvalue weighted by molar-refractivity contribution is -0.139. The maximum atomic E-state index is 12.9. The molecular formula is C20H32N4O4. The highest BCUT2D eigenvalue weighted by molar-refractivity contribution is 5.79. The molecule has 1 aromatic rings. The Bertz CT molecular complexity index is 681. The maximum absolute atomic E-state index is 12.9. The molecule has 0 radical (unpaired) electrons. The molecular weight excluding hydrogens is 360 g/mol. The van der Waals surface area contributed by atoms with Crippen molar-refractivity contribution in [2.24, 2.45) is 5.92 Å². The Balaban J connectivity index is 1.41. The molecule has 2 saturated heterocycles. The van der Waals surface area contributed by atoms with E-state index in [-0.39, 0.29) is 17.9 Å². The van der Waals surface area contributed by atoms with Gasteiger partial charge in [0, 0.05) is 51.3 Å². The Labute approximate surface area is 166 Å². The fraction of sp³-hybridized carbons (Fsp3) is 0.750. The first-order chi connectivity index (χ1) is 13.2. The number of rotatable bonds is 3. The number of carbonyl (C=O) groups excluding carboxylic acids is 2. The quantitative estimate of drug-likeness (QED) is 0.785. The van der Waals surface area contributed by atoms with Crippen LogP contribution < -0.4 is 0 Å². The summed E-state index contributed by atoms with van der Waals surface area (Å²) in [6.45, 7) is 12.5. The summed E-state index contributed by atoms with van der Waals surface area (Å²) in [4.78, 5) is 31.0. The molecule has 0 aromatic carbocycles. The van der Waals surface area contributed by atoms with Gasteiger partial charge in [0.25, 0.3) is 0 Å². The lowest BCUT2D eigenvalue weighted by atomic mass is 9.95. The molecule has 28 heavy (non-hydrogen) atoms. The predicted octanol–water partition coefficient (Wildman–Crippen LogP) is 2.27. The lowest BCUT2D eigenvalue weighted by Crippen LogP contribution is -2.51. The molecule has 3 rings (SSSR count). The second-order valence-corrected chi connectivity index (χ2v) is 8.78. The molecule has 0 unspecified atom stereocenters. The number of aryl methyl sites for hydroxylation is 1. The van der Waals surface area contributed by atoms with E-state index in [1.165, 1.54) is 0 Å². The zero-order valence-corrected chi connectivity index (χ0v) is 17.4. The van der Waals surface area contributed by atoms with Gasteiger partial charge in [0.15, 0.2) is 5.76 Å². The third-order valence-corrected chi connectivity index (χ3v) is 5.24. The van der Waals surface area contributed by atoms with E-state index < -0.39 is 5.60 Å². The molecule has 156 valence electrons. The van der Waals surface area contributed by atoms with E-state index in [1.807, 2.05) is 38.7 Å². The fourth-order valence-electron chi connectivity index (χ4n) is 3.73. The molecule has 2 amide bonds. The highest BCUT2D eigenvalue weighted by Crippen LogP contribution is 2.22. The van der Waals surface area contributed by atoms with E-state index in [2.05, 4.69) is 10.1 Å². The largest absolute Gasteiger partial charge is 0.444 e. The van der Waals surface area contributed by atoms with Gasteiger partial charge in [-0.25, -0.2) is 4.79 Å². The second kappa shape index (κ2) is 8.51. The average molecular weight is 393 g/mol. The van der Waals surface area contributed by atoms with Crippen molar-refractivity contribution in [3.63, 3.8) is 0 Å². The van der Waals surface area contributed by atoms with Gasteiger partial charge in [-0.15, -0.1) is 0 Å². The number of carbonyl (C=O) groups is 2. The van der Waals surface area contributed by atoms with Crippen molar-refractivity contribution in [3.05, 3.63) is 17.5 Å². The molecule has 0 aliphatic carbocycles. The SMILES string of the molecule is Cc1cc(CN2CCN(C(=O)C3CCN(C(=O)OC(C)(C)C)CC3)CC2)on1. The number of piperidine rings is 1. The molecule has 0 saturated carbocycles. The number of ether oxygens (including phenoxy) is 1. The van der Waals surface area contributed by atoms with Gasteiger partial charge >= 0.3 is 6.09 Å². The number of hydrogen-bond acceptors (Lipinski definition) is 6. The van der Waals surface area contributed by atoms with E-state index in [1.54, 1.807) is 4.90 Å². The fourth-order valence-corrected chi connectivity index (χ4v) is 3.73. The summed E-state index contributed by atoms with van der Waals surface area (Å²) in [5, 5.41) is 3.92. The van der Waals surface area contributed by atoms with Crippen molar-refractivity contribution in [2.75, 3.05) is 39.3 Å². The zero-order valence-electron chi connectivity index (χ0n) is 17.4. The van der Waals surface area contributed by atoms with Crippen molar-refractivity contribution in [2.45, 2.75) is 52.7 Å². The predicted molar refractivity (Wildman–Crippen MR) is 104 cm³/mol. The lowest BCUT2D eigenvalue weighted by Gasteiger charge is -2.38. The molecule has 8 nitrogen and oxygen atoms in total. The second-order valence-electron chi connectivity index (χ2n) is 8.78. The summed E-state index contributed by atoms with van der Waals surface area (Å²) < 4.78 is 10.7. The van der Waals surface area contributed by atoms with Gasteiger partial charge in [-0.1, -0.05) is 5.16 Å². The zero-order chi connectivity index (χ0) is 20.3. The van der Waals surface area contributed by atoms with E-state index >= 15 is 0 Å². The average Bonchev–Trinajstić information content (AvgIpc) is 3.05. The van der Waals surface area contributed by atoms with Crippen molar-refractivity contribution in [1.29, 1.82) is 0 Å². The van der Waals surface area contributed by atoms with E-state index in [9.17, 15) is 9.59 Å². The normalized spacial score (nSPS) is 19.7. The van der Waals surface area contributed by atoms with Crippen molar-refractivity contribution >= 4 is 12.0 Å². The van der Waals surface area contributed by atoms with Crippen LogP contribution in [0.1, 0.15) is 45.1 Å². The minimum atomic E-state index is -0.492. The third kappa shape index (κ3) is 5.47. The van der Waals surface area contributed by atoms with Crippen LogP contribution >= 0.6 is 0 Å². The van der Waals surface area contributed by atoms with Gasteiger partial charge in [-0.05, 0) is 40.5 Å². The molecule has 3 heterocycles. The Morgan fingerprint density at radius 2 is 1.75 bits per heavy atom. The molecule has 0 N–H and O–H groups in total. The van der Waals surface area contributed by atoms with Gasteiger partial charge < -0.3 is 19.1 Å².